The number of methoxy groups -OCH3 is 1. The first-order valence-electron chi connectivity index (χ1n) is 13.2. The number of nitro benzene ring substituents is 1. The van der Waals surface area contributed by atoms with Gasteiger partial charge in [-0.3, -0.25) is 19.7 Å². The Labute approximate surface area is 228 Å². The second-order valence-corrected chi connectivity index (χ2v) is 10.7. The number of hydrogen-bond acceptors (Lipinski definition) is 10. The first kappa shape index (κ1) is 29.9. The van der Waals surface area contributed by atoms with Gasteiger partial charge in [-0.25, -0.2) is 4.79 Å². The van der Waals surface area contributed by atoms with Crippen LogP contribution in [0.15, 0.2) is 12.1 Å². The van der Waals surface area contributed by atoms with Crippen molar-refractivity contribution in [1.82, 2.24) is 15.5 Å². The maximum atomic E-state index is 13.3. The van der Waals surface area contributed by atoms with Crippen LogP contribution < -0.4 is 20.7 Å². The summed E-state index contributed by atoms with van der Waals surface area (Å²) in [7, 11) is 1.36. The normalized spacial score (nSPS) is 18.2. The Morgan fingerprint density at radius 2 is 1.90 bits per heavy atom. The number of esters is 1. The Bertz CT molecular complexity index is 1050. The second-order valence-electron chi connectivity index (χ2n) is 10.7. The van der Waals surface area contributed by atoms with Crippen molar-refractivity contribution in [1.29, 1.82) is 0 Å². The largest absolute Gasteiger partial charge is 0.494 e. The number of amides is 2. The van der Waals surface area contributed by atoms with E-state index in [1.165, 1.54) is 19.2 Å². The molecule has 2 aliphatic heterocycles. The van der Waals surface area contributed by atoms with Crippen molar-refractivity contribution in [3.63, 3.8) is 0 Å². The number of ether oxygens (including phenoxy) is 3. The van der Waals surface area contributed by atoms with E-state index in [0.717, 1.165) is 25.9 Å². The molecule has 0 spiro atoms. The average molecular weight is 550 g/mol. The van der Waals surface area contributed by atoms with Gasteiger partial charge in [0.05, 0.1) is 23.5 Å². The van der Waals surface area contributed by atoms with Crippen LogP contribution in [0.25, 0.3) is 0 Å². The Hall–Kier alpha value is -3.61. The molecule has 0 unspecified atom stereocenters. The van der Waals surface area contributed by atoms with E-state index in [0.29, 0.717) is 19.4 Å². The molecule has 13 heteroatoms. The number of anilines is 1. The summed E-state index contributed by atoms with van der Waals surface area (Å²) in [6, 6.07) is 2.35. The molecule has 1 atom stereocenters. The minimum absolute atomic E-state index is 0.0313. The number of carbonyl (C=O) groups is 3. The van der Waals surface area contributed by atoms with Gasteiger partial charge < -0.3 is 35.1 Å². The molecule has 0 saturated carbocycles. The molecule has 2 aliphatic rings. The number of nitro groups is 1. The summed E-state index contributed by atoms with van der Waals surface area (Å²) >= 11 is 0. The summed E-state index contributed by atoms with van der Waals surface area (Å²) in [6.07, 6.45) is 2.21. The van der Waals surface area contributed by atoms with E-state index in [1.807, 2.05) is 0 Å². The third-order valence-corrected chi connectivity index (χ3v) is 6.50. The van der Waals surface area contributed by atoms with E-state index in [4.69, 9.17) is 14.2 Å². The van der Waals surface area contributed by atoms with Crippen LogP contribution in [0.2, 0.25) is 0 Å². The van der Waals surface area contributed by atoms with E-state index in [2.05, 4.69) is 16.0 Å². The topological polar surface area (TPSA) is 161 Å². The molecule has 2 heterocycles. The molecule has 1 aromatic carbocycles. The second kappa shape index (κ2) is 13.5. The molecule has 2 fully saturated rings. The first-order chi connectivity index (χ1) is 18.5. The first-order valence-corrected chi connectivity index (χ1v) is 13.2. The number of likely N-dealkylation sites (tertiary alicyclic amines) is 1. The van der Waals surface area contributed by atoms with E-state index >= 15 is 0 Å². The zero-order chi connectivity index (χ0) is 28.6. The highest BCUT2D eigenvalue weighted by Gasteiger charge is 2.30. The molecule has 2 amide bonds. The number of piperidine rings is 2. The fourth-order valence-corrected chi connectivity index (χ4v) is 4.65. The van der Waals surface area contributed by atoms with Crippen LogP contribution in [0.1, 0.15) is 56.8 Å². The molecule has 0 aromatic heterocycles. The van der Waals surface area contributed by atoms with Gasteiger partial charge in [-0.05, 0) is 65.6 Å². The summed E-state index contributed by atoms with van der Waals surface area (Å²) in [4.78, 5) is 50.6. The van der Waals surface area contributed by atoms with E-state index < -0.39 is 22.5 Å². The average Bonchev–Trinajstić information content (AvgIpc) is 2.89. The van der Waals surface area contributed by atoms with Gasteiger partial charge in [0.15, 0.2) is 5.69 Å². The van der Waals surface area contributed by atoms with Gasteiger partial charge in [0, 0.05) is 31.7 Å². The lowest BCUT2D eigenvalue weighted by Gasteiger charge is -2.33. The Morgan fingerprint density at radius 1 is 1.18 bits per heavy atom. The van der Waals surface area contributed by atoms with Crippen molar-refractivity contribution in [3.05, 3.63) is 27.8 Å². The summed E-state index contributed by atoms with van der Waals surface area (Å²) in [6.45, 7) is 7.70. The number of carbonyl (C=O) groups excluding carboxylic acids is 3. The van der Waals surface area contributed by atoms with Gasteiger partial charge >= 0.3 is 12.1 Å². The molecular weight excluding hydrogens is 510 g/mol. The summed E-state index contributed by atoms with van der Waals surface area (Å²) in [5.74, 6) is -0.706. The molecular formula is C26H39N5O8. The fraction of sp³-hybridized carbons (Fsp3) is 0.654. The van der Waals surface area contributed by atoms with Crippen LogP contribution in [0.5, 0.6) is 5.75 Å². The standard InChI is InChI=1S/C26H39N5O8/c1-26(2,3)39-25(34)29-19-6-5-12-30(16-19)23(32)18-14-20(31(35)36)22(21(15-18)37-4)28-11-13-38-24(33)17-7-9-27-10-8-17/h14-15,17,19,27-28H,5-13,16H2,1-4H3,(H,29,34)/t19-/m1/s1. The minimum atomic E-state index is -0.645. The molecule has 0 bridgehead atoms. The van der Waals surface area contributed by atoms with Crippen molar-refractivity contribution in [2.45, 2.75) is 58.1 Å². The summed E-state index contributed by atoms with van der Waals surface area (Å²) in [5, 5.41) is 20.8. The number of nitrogens with zero attached hydrogens (tertiary/aromatic N) is 2. The van der Waals surface area contributed by atoms with Gasteiger partial charge in [0.1, 0.15) is 18.0 Å². The molecule has 3 rings (SSSR count). The SMILES string of the molecule is COc1cc(C(=O)N2CCC[C@@H](NC(=O)OC(C)(C)C)C2)cc([N+](=O)[O-])c1NCCOC(=O)C1CCNCC1. The van der Waals surface area contributed by atoms with E-state index in [9.17, 15) is 24.5 Å². The smallest absolute Gasteiger partial charge is 0.407 e. The van der Waals surface area contributed by atoms with Crippen LogP contribution in [0, 0.1) is 16.0 Å². The lowest BCUT2D eigenvalue weighted by atomic mass is 9.99. The lowest BCUT2D eigenvalue weighted by Crippen LogP contribution is -2.50. The number of hydrogen-bond donors (Lipinski definition) is 3. The fourth-order valence-electron chi connectivity index (χ4n) is 4.65. The Morgan fingerprint density at radius 3 is 2.54 bits per heavy atom. The van der Waals surface area contributed by atoms with Crippen molar-refractivity contribution in [2.75, 3.05) is 51.8 Å². The van der Waals surface area contributed by atoms with E-state index in [-0.39, 0.29) is 60.3 Å². The van der Waals surface area contributed by atoms with Crippen LogP contribution in [-0.4, -0.2) is 85.9 Å². The van der Waals surface area contributed by atoms with Crippen molar-refractivity contribution in [2.24, 2.45) is 5.92 Å². The van der Waals surface area contributed by atoms with Gasteiger partial charge in [0.25, 0.3) is 11.6 Å². The Balaban J connectivity index is 1.65. The number of alkyl carbamates (subject to hydrolysis) is 1. The third kappa shape index (κ3) is 8.70. The lowest BCUT2D eigenvalue weighted by molar-refractivity contribution is -0.384. The molecule has 0 aliphatic carbocycles. The molecule has 0 radical (unpaired) electrons. The molecule has 216 valence electrons. The zero-order valence-corrected chi connectivity index (χ0v) is 23.0. The highest BCUT2D eigenvalue weighted by molar-refractivity contribution is 5.97. The highest BCUT2D eigenvalue weighted by atomic mass is 16.6. The molecule has 13 nitrogen and oxygen atoms in total. The summed E-state index contributed by atoms with van der Waals surface area (Å²) < 4.78 is 16.0. The zero-order valence-electron chi connectivity index (χ0n) is 23.0. The van der Waals surface area contributed by atoms with Gasteiger partial charge in [-0.1, -0.05) is 0 Å². The van der Waals surface area contributed by atoms with Gasteiger partial charge in [0.2, 0.25) is 0 Å². The molecule has 2 saturated heterocycles. The van der Waals surface area contributed by atoms with Crippen LogP contribution >= 0.6 is 0 Å². The van der Waals surface area contributed by atoms with Crippen LogP contribution in [0.3, 0.4) is 0 Å². The summed E-state index contributed by atoms with van der Waals surface area (Å²) in [5.41, 5.74) is -0.781. The van der Waals surface area contributed by atoms with Gasteiger partial charge in [-0.15, -0.1) is 0 Å². The van der Waals surface area contributed by atoms with E-state index in [1.54, 1.807) is 25.7 Å². The van der Waals surface area contributed by atoms with Crippen molar-refractivity contribution < 1.29 is 33.5 Å². The highest BCUT2D eigenvalue weighted by Crippen LogP contribution is 2.36. The predicted molar refractivity (Wildman–Crippen MR) is 143 cm³/mol. The maximum Gasteiger partial charge on any atom is 0.407 e. The number of benzene rings is 1. The number of rotatable bonds is 9. The molecule has 1 aromatic rings. The minimum Gasteiger partial charge on any atom is -0.494 e. The maximum absolute atomic E-state index is 13.3. The van der Waals surface area contributed by atoms with Gasteiger partial charge in [-0.2, -0.15) is 0 Å². The van der Waals surface area contributed by atoms with Crippen LogP contribution in [0.4, 0.5) is 16.2 Å². The number of nitrogens with one attached hydrogen (secondary N) is 3. The van der Waals surface area contributed by atoms with Crippen molar-refractivity contribution in [3.8, 4) is 5.75 Å². The third-order valence-electron chi connectivity index (χ3n) is 6.50. The van der Waals surface area contributed by atoms with Crippen LogP contribution in [-0.2, 0) is 14.3 Å². The van der Waals surface area contributed by atoms with Crippen molar-refractivity contribution >= 4 is 29.3 Å². The Kier molecular flexibility index (Phi) is 10.3. The monoisotopic (exact) mass is 549 g/mol. The predicted octanol–water partition coefficient (Wildman–Crippen LogP) is 2.69. The molecule has 3 N–H and O–H groups in total. The molecule has 39 heavy (non-hydrogen) atoms. The quantitative estimate of drug-likeness (QED) is 0.181.